The van der Waals surface area contributed by atoms with Crippen LogP contribution in [0.4, 0.5) is 0 Å². The van der Waals surface area contributed by atoms with Crippen LogP contribution in [0.5, 0.6) is 0 Å². The molecule has 21 heavy (non-hydrogen) atoms. The zero-order valence-corrected chi connectivity index (χ0v) is 12.9. The fourth-order valence-electron chi connectivity index (χ4n) is 3.05. The van der Waals surface area contributed by atoms with Gasteiger partial charge in [0.15, 0.2) is 0 Å². The number of hydrogen-bond donors (Lipinski definition) is 1. The summed E-state index contributed by atoms with van der Waals surface area (Å²) in [6, 6.07) is 10.5. The summed E-state index contributed by atoms with van der Waals surface area (Å²) in [5, 5.41) is 8.07. The van der Waals surface area contributed by atoms with E-state index in [9.17, 15) is 0 Å². The Morgan fingerprint density at radius 3 is 2.71 bits per heavy atom. The van der Waals surface area contributed by atoms with Crippen molar-refractivity contribution in [2.75, 3.05) is 6.54 Å². The van der Waals surface area contributed by atoms with Crippen molar-refractivity contribution >= 4 is 0 Å². The van der Waals surface area contributed by atoms with Crippen LogP contribution in [0.2, 0.25) is 0 Å². The summed E-state index contributed by atoms with van der Waals surface area (Å²) in [5.74, 6) is 0. The molecule has 0 unspecified atom stereocenters. The van der Waals surface area contributed by atoms with Crippen LogP contribution in [0.15, 0.2) is 42.7 Å². The third-order valence-corrected chi connectivity index (χ3v) is 4.44. The van der Waals surface area contributed by atoms with E-state index < -0.39 is 0 Å². The molecule has 0 saturated heterocycles. The van der Waals surface area contributed by atoms with Gasteiger partial charge in [0.05, 0.1) is 12.7 Å². The van der Waals surface area contributed by atoms with Crippen LogP contribution >= 0.6 is 0 Å². The lowest BCUT2D eigenvalue weighted by atomic mass is 10.0. The van der Waals surface area contributed by atoms with Crippen molar-refractivity contribution in [3.63, 3.8) is 0 Å². The molecule has 3 rings (SSSR count). The van der Waals surface area contributed by atoms with Crippen LogP contribution in [-0.4, -0.2) is 16.3 Å². The van der Waals surface area contributed by atoms with Gasteiger partial charge in [0.2, 0.25) is 0 Å². The summed E-state index contributed by atoms with van der Waals surface area (Å²) in [5.41, 5.74) is 3.19. The molecule has 0 amide bonds. The third kappa shape index (κ3) is 3.94. The number of nitrogens with zero attached hydrogens (tertiary/aromatic N) is 2. The van der Waals surface area contributed by atoms with Gasteiger partial charge in [-0.3, -0.25) is 4.68 Å². The van der Waals surface area contributed by atoms with Crippen molar-refractivity contribution in [2.45, 2.75) is 45.7 Å². The van der Waals surface area contributed by atoms with Crippen LogP contribution in [0.25, 0.3) is 0 Å². The molecule has 0 spiro atoms. The first-order valence-corrected chi connectivity index (χ1v) is 8.06. The SMILES string of the molecule is CCCC1(CNCc2cnn(Cc3ccccc3)c2)CC1. The van der Waals surface area contributed by atoms with Crippen molar-refractivity contribution in [2.24, 2.45) is 5.41 Å². The molecular formula is C18H25N3. The summed E-state index contributed by atoms with van der Waals surface area (Å²) < 4.78 is 2.02. The average molecular weight is 283 g/mol. The first-order valence-electron chi connectivity index (χ1n) is 8.06. The van der Waals surface area contributed by atoms with Gasteiger partial charge >= 0.3 is 0 Å². The Morgan fingerprint density at radius 1 is 1.19 bits per heavy atom. The molecule has 1 aromatic heterocycles. The monoisotopic (exact) mass is 283 g/mol. The molecule has 0 atom stereocenters. The lowest BCUT2D eigenvalue weighted by Crippen LogP contribution is -2.23. The Hall–Kier alpha value is -1.61. The number of nitrogens with one attached hydrogen (secondary N) is 1. The van der Waals surface area contributed by atoms with E-state index in [1.165, 1.54) is 36.8 Å². The summed E-state index contributed by atoms with van der Waals surface area (Å²) in [4.78, 5) is 0. The van der Waals surface area contributed by atoms with Gasteiger partial charge in [-0.2, -0.15) is 5.10 Å². The van der Waals surface area contributed by atoms with Crippen molar-refractivity contribution in [1.29, 1.82) is 0 Å². The Balaban J connectivity index is 1.47. The van der Waals surface area contributed by atoms with Crippen LogP contribution < -0.4 is 5.32 Å². The predicted molar refractivity (Wildman–Crippen MR) is 86.1 cm³/mol. The normalized spacial score (nSPS) is 16.0. The maximum absolute atomic E-state index is 4.46. The van der Waals surface area contributed by atoms with Gasteiger partial charge in [0, 0.05) is 24.8 Å². The Bertz CT molecular complexity index is 555. The maximum Gasteiger partial charge on any atom is 0.0659 e. The van der Waals surface area contributed by atoms with Gasteiger partial charge in [-0.25, -0.2) is 0 Å². The fourth-order valence-corrected chi connectivity index (χ4v) is 3.05. The van der Waals surface area contributed by atoms with E-state index in [-0.39, 0.29) is 0 Å². The fraction of sp³-hybridized carbons (Fsp3) is 0.500. The van der Waals surface area contributed by atoms with Gasteiger partial charge in [0.25, 0.3) is 0 Å². The zero-order valence-electron chi connectivity index (χ0n) is 12.9. The average Bonchev–Trinajstić information content (AvgIpc) is 3.11. The van der Waals surface area contributed by atoms with E-state index in [0.717, 1.165) is 19.6 Å². The van der Waals surface area contributed by atoms with Crippen LogP contribution in [-0.2, 0) is 13.1 Å². The molecule has 1 fully saturated rings. The molecule has 1 N–H and O–H groups in total. The summed E-state index contributed by atoms with van der Waals surface area (Å²) in [7, 11) is 0. The van der Waals surface area contributed by atoms with E-state index in [4.69, 9.17) is 0 Å². The molecule has 1 saturated carbocycles. The van der Waals surface area contributed by atoms with E-state index in [0.29, 0.717) is 5.41 Å². The Morgan fingerprint density at radius 2 is 2.00 bits per heavy atom. The number of aromatic nitrogens is 2. The second-order valence-electron chi connectivity index (χ2n) is 6.39. The van der Waals surface area contributed by atoms with Gasteiger partial charge in [-0.15, -0.1) is 0 Å². The standard InChI is InChI=1S/C18H25N3/c1-2-8-18(9-10-18)15-19-11-17-12-20-21(14-17)13-16-6-4-3-5-7-16/h3-7,12,14,19H,2,8-11,13,15H2,1H3. The molecular weight excluding hydrogens is 258 g/mol. The maximum atomic E-state index is 4.46. The Kier molecular flexibility index (Phi) is 4.39. The number of benzene rings is 1. The van der Waals surface area contributed by atoms with Crippen LogP contribution in [0.3, 0.4) is 0 Å². The van der Waals surface area contributed by atoms with E-state index in [1.807, 2.05) is 16.9 Å². The summed E-state index contributed by atoms with van der Waals surface area (Å²) >= 11 is 0. The molecule has 0 radical (unpaired) electrons. The molecule has 3 nitrogen and oxygen atoms in total. The van der Waals surface area contributed by atoms with Crippen LogP contribution in [0.1, 0.15) is 43.7 Å². The number of rotatable bonds is 8. The molecule has 3 heteroatoms. The molecule has 1 aromatic carbocycles. The lowest BCUT2D eigenvalue weighted by molar-refractivity contribution is 0.421. The smallest absolute Gasteiger partial charge is 0.0659 e. The minimum Gasteiger partial charge on any atom is -0.312 e. The third-order valence-electron chi connectivity index (χ3n) is 4.44. The quantitative estimate of drug-likeness (QED) is 0.802. The molecule has 112 valence electrons. The molecule has 1 heterocycles. The summed E-state index contributed by atoms with van der Waals surface area (Å²) in [6.45, 7) is 5.22. The molecule has 2 aromatic rings. The van der Waals surface area contributed by atoms with Gasteiger partial charge in [-0.05, 0) is 30.2 Å². The highest BCUT2D eigenvalue weighted by Gasteiger charge is 2.40. The minimum absolute atomic E-state index is 0.620. The van der Waals surface area contributed by atoms with Crippen LogP contribution in [0, 0.1) is 5.41 Å². The first-order chi connectivity index (χ1) is 10.3. The highest BCUT2D eigenvalue weighted by molar-refractivity contribution is 5.15. The Labute approximate surface area is 127 Å². The molecule has 0 bridgehead atoms. The van der Waals surface area contributed by atoms with Gasteiger partial charge in [0.1, 0.15) is 0 Å². The van der Waals surface area contributed by atoms with E-state index >= 15 is 0 Å². The zero-order chi connectivity index (χ0) is 14.5. The summed E-state index contributed by atoms with van der Waals surface area (Å²) in [6.07, 6.45) is 9.61. The molecule has 1 aliphatic carbocycles. The van der Waals surface area contributed by atoms with Crippen molar-refractivity contribution in [3.05, 3.63) is 53.9 Å². The highest BCUT2D eigenvalue weighted by Crippen LogP contribution is 2.48. The number of hydrogen-bond acceptors (Lipinski definition) is 2. The first kappa shape index (κ1) is 14.3. The minimum atomic E-state index is 0.620. The van der Waals surface area contributed by atoms with Crippen molar-refractivity contribution < 1.29 is 0 Å². The lowest BCUT2D eigenvalue weighted by Gasteiger charge is -2.14. The molecule has 1 aliphatic rings. The predicted octanol–water partition coefficient (Wildman–Crippen LogP) is 3.60. The largest absolute Gasteiger partial charge is 0.312 e. The second kappa shape index (κ2) is 6.44. The van der Waals surface area contributed by atoms with Gasteiger partial charge in [-0.1, -0.05) is 43.7 Å². The van der Waals surface area contributed by atoms with E-state index in [1.54, 1.807) is 0 Å². The molecule has 0 aliphatic heterocycles. The van der Waals surface area contributed by atoms with Crippen molar-refractivity contribution in [1.82, 2.24) is 15.1 Å². The topological polar surface area (TPSA) is 29.9 Å². The second-order valence-corrected chi connectivity index (χ2v) is 6.39. The van der Waals surface area contributed by atoms with E-state index in [2.05, 4.69) is 47.8 Å². The van der Waals surface area contributed by atoms with Crippen molar-refractivity contribution in [3.8, 4) is 0 Å². The van der Waals surface area contributed by atoms with Gasteiger partial charge < -0.3 is 5.32 Å². The highest BCUT2D eigenvalue weighted by atomic mass is 15.3.